The van der Waals surface area contributed by atoms with Crippen molar-refractivity contribution in [3.8, 4) is 22.3 Å². The molecule has 45 heavy (non-hydrogen) atoms. The Kier molecular flexibility index (Phi) is 8.38. The Bertz CT molecular complexity index is 1850. The standard InChI is InChI=1S/C34H30F3N5O3/c35-29-17-22(33(44)42-12-9-34(36,37)10-13-42)5-6-27(29)24-14-25-15-26(45-32(25)28(16-24)23-2-1-11-39-19-23)20-41-31(43)8-4-21-3-7-30(38)40-18-21/h1-8,11,14-19,33,44H,9-10,12-13,20H2,(H2,38,40)(H,41,43)/b8-4+. The normalized spacial score (nSPS) is 15.8. The average Bonchev–Trinajstić information content (AvgIpc) is 3.46. The lowest BCUT2D eigenvalue weighted by Gasteiger charge is -2.35. The van der Waals surface area contributed by atoms with Gasteiger partial charge in [0.2, 0.25) is 5.91 Å². The molecule has 11 heteroatoms. The molecule has 1 aliphatic rings. The summed E-state index contributed by atoms with van der Waals surface area (Å²) in [6, 6.07) is 16.8. The van der Waals surface area contributed by atoms with Gasteiger partial charge in [-0.3, -0.25) is 14.7 Å². The summed E-state index contributed by atoms with van der Waals surface area (Å²) in [6.07, 6.45) is 6.00. The molecule has 0 radical (unpaired) electrons. The molecule has 1 saturated heterocycles. The van der Waals surface area contributed by atoms with Crippen molar-refractivity contribution in [3.05, 3.63) is 108 Å². The number of nitrogens with two attached hydrogens (primary N) is 1. The number of furan rings is 1. The van der Waals surface area contributed by atoms with Crippen LogP contribution >= 0.6 is 0 Å². The van der Waals surface area contributed by atoms with E-state index >= 15 is 4.39 Å². The van der Waals surface area contributed by atoms with Gasteiger partial charge in [0, 0.05) is 72.7 Å². The van der Waals surface area contributed by atoms with Gasteiger partial charge in [0.1, 0.15) is 29.2 Å². The highest BCUT2D eigenvalue weighted by Crippen LogP contribution is 2.38. The van der Waals surface area contributed by atoms with E-state index in [0.29, 0.717) is 39.2 Å². The first-order chi connectivity index (χ1) is 21.6. The van der Waals surface area contributed by atoms with E-state index in [1.165, 1.54) is 17.0 Å². The number of nitrogens with zero attached hydrogens (tertiary/aromatic N) is 3. The summed E-state index contributed by atoms with van der Waals surface area (Å²) in [7, 11) is 0. The number of aliphatic hydroxyl groups excluding tert-OH is 1. The van der Waals surface area contributed by atoms with Crippen LogP contribution in [0.4, 0.5) is 19.0 Å². The molecule has 4 heterocycles. The van der Waals surface area contributed by atoms with Crippen LogP contribution in [-0.2, 0) is 11.3 Å². The Morgan fingerprint density at radius 3 is 2.60 bits per heavy atom. The molecule has 8 nitrogen and oxygen atoms in total. The number of pyridine rings is 2. The van der Waals surface area contributed by atoms with E-state index in [-0.39, 0.29) is 43.9 Å². The van der Waals surface area contributed by atoms with Gasteiger partial charge in [0.25, 0.3) is 5.92 Å². The molecule has 230 valence electrons. The molecule has 0 bridgehead atoms. The highest BCUT2D eigenvalue weighted by molar-refractivity contribution is 5.97. The lowest BCUT2D eigenvalue weighted by molar-refractivity contribution is -0.116. The molecule has 0 aliphatic carbocycles. The molecule has 6 rings (SSSR count). The number of aromatic nitrogens is 2. The van der Waals surface area contributed by atoms with Crippen LogP contribution in [0.2, 0.25) is 0 Å². The van der Waals surface area contributed by atoms with Crippen LogP contribution in [-0.4, -0.2) is 44.9 Å². The summed E-state index contributed by atoms with van der Waals surface area (Å²) < 4.78 is 48.9. The molecular weight excluding hydrogens is 583 g/mol. The molecule has 1 unspecified atom stereocenters. The zero-order valence-electron chi connectivity index (χ0n) is 24.1. The van der Waals surface area contributed by atoms with Gasteiger partial charge in [-0.05, 0) is 65.2 Å². The number of hydrogen-bond donors (Lipinski definition) is 3. The highest BCUT2D eigenvalue weighted by atomic mass is 19.3. The summed E-state index contributed by atoms with van der Waals surface area (Å²) >= 11 is 0. The molecule has 1 aliphatic heterocycles. The number of likely N-dealkylation sites (tertiary alicyclic amines) is 1. The smallest absolute Gasteiger partial charge is 0.250 e. The summed E-state index contributed by atoms with van der Waals surface area (Å²) in [6.45, 7) is 0.146. The van der Waals surface area contributed by atoms with Crippen molar-refractivity contribution in [1.82, 2.24) is 20.2 Å². The molecule has 5 aromatic rings. The fourth-order valence-corrected chi connectivity index (χ4v) is 5.34. The summed E-state index contributed by atoms with van der Waals surface area (Å²) in [5.41, 5.74) is 9.45. The van der Waals surface area contributed by atoms with Crippen molar-refractivity contribution in [2.24, 2.45) is 0 Å². The van der Waals surface area contributed by atoms with Gasteiger partial charge >= 0.3 is 0 Å². The second-order valence-electron chi connectivity index (χ2n) is 11.0. The number of carbonyl (C=O) groups excluding carboxylic acids is 1. The van der Waals surface area contributed by atoms with Crippen molar-refractivity contribution in [1.29, 1.82) is 0 Å². The third kappa shape index (κ3) is 6.89. The summed E-state index contributed by atoms with van der Waals surface area (Å²) in [5, 5.41) is 14.3. The number of amides is 1. The van der Waals surface area contributed by atoms with Crippen LogP contribution in [0.25, 0.3) is 39.3 Å². The number of fused-ring (bicyclic) bond motifs is 1. The fraction of sp³-hybridized carbons (Fsp3) is 0.206. The number of halogens is 3. The van der Waals surface area contributed by atoms with Gasteiger partial charge in [-0.2, -0.15) is 0 Å². The first-order valence-corrected chi connectivity index (χ1v) is 14.4. The number of rotatable bonds is 8. The molecular formula is C34H30F3N5O3. The van der Waals surface area contributed by atoms with Gasteiger partial charge in [-0.25, -0.2) is 18.2 Å². The predicted octanol–water partition coefficient (Wildman–Crippen LogP) is 6.33. The number of aliphatic hydroxyl groups is 1. The van der Waals surface area contributed by atoms with Crippen molar-refractivity contribution >= 4 is 28.8 Å². The van der Waals surface area contributed by atoms with E-state index in [1.54, 1.807) is 73.2 Å². The topological polar surface area (TPSA) is 118 Å². The lowest BCUT2D eigenvalue weighted by atomic mass is 9.96. The Labute approximate surface area is 257 Å². The Morgan fingerprint density at radius 2 is 1.89 bits per heavy atom. The molecule has 0 saturated carbocycles. The number of carbonyl (C=O) groups is 1. The lowest BCUT2D eigenvalue weighted by Crippen LogP contribution is -2.41. The number of hydrogen-bond acceptors (Lipinski definition) is 7. The first-order valence-electron chi connectivity index (χ1n) is 14.4. The zero-order valence-corrected chi connectivity index (χ0v) is 24.1. The van der Waals surface area contributed by atoms with Crippen molar-refractivity contribution in [3.63, 3.8) is 0 Å². The van der Waals surface area contributed by atoms with E-state index in [4.69, 9.17) is 10.2 Å². The highest BCUT2D eigenvalue weighted by Gasteiger charge is 2.36. The molecule has 1 atom stereocenters. The van der Waals surface area contributed by atoms with E-state index in [2.05, 4.69) is 15.3 Å². The van der Waals surface area contributed by atoms with Crippen LogP contribution in [0.3, 0.4) is 0 Å². The monoisotopic (exact) mass is 613 g/mol. The SMILES string of the molecule is Nc1ccc(/C=C/C(=O)NCc2cc3cc(-c4ccc(C(O)N5CCC(F)(F)CC5)cc4F)cc(-c4cccnc4)c3o2)cn1. The maximum atomic E-state index is 15.6. The maximum Gasteiger partial charge on any atom is 0.250 e. The number of nitrogen functional groups attached to an aromatic ring is 1. The van der Waals surface area contributed by atoms with Gasteiger partial charge < -0.3 is 20.6 Å². The van der Waals surface area contributed by atoms with Gasteiger partial charge in [0.15, 0.2) is 0 Å². The summed E-state index contributed by atoms with van der Waals surface area (Å²) in [5.74, 6) is -2.76. The molecule has 3 aromatic heterocycles. The van der Waals surface area contributed by atoms with E-state index < -0.39 is 18.0 Å². The molecule has 0 spiro atoms. The number of anilines is 1. The van der Waals surface area contributed by atoms with Crippen molar-refractivity contribution in [2.45, 2.75) is 31.5 Å². The van der Waals surface area contributed by atoms with Crippen molar-refractivity contribution < 1.29 is 27.5 Å². The second kappa shape index (κ2) is 12.5. The van der Waals surface area contributed by atoms with Crippen LogP contribution in [0, 0.1) is 5.82 Å². The minimum Gasteiger partial charge on any atom is -0.459 e. The van der Waals surface area contributed by atoms with Gasteiger partial charge in [-0.1, -0.05) is 18.2 Å². The first kappa shape index (κ1) is 30.0. The quantitative estimate of drug-likeness (QED) is 0.175. The van der Waals surface area contributed by atoms with Crippen LogP contribution in [0.1, 0.15) is 36.0 Å². The molecule has 2 aromatic carbocycles. The fourth-order valence-electron chi connectivity index (χ4n) is 5.34. The summed E-state index contributed by atoms with van der Waals surface area (Å²) in [4.78, 5) is 22.2. The molecule has 1 amide bonds. The van der Waals surface area contributed by atoms with Gasteiger partial charge in [0.05, 0.1) is 6.54 Å². The predicted molar refractivity (Wildman–Crippen MR) is 165 cm³/mol. The zero-order chi connectivity index (χ0) is 31.6. The number of piperidine rings is 1. The Morgan fingerprint density at radius 1 is 1.07 bits per heavy atom. The molecule has 4 N–H and O–H groups in total. The van der Waals surface area contributed by atoms with Crippen LogP contribution < -0.4 is 11.1 Å². The Balaban J connectivity index is 1.26. The number of benzene rings is 2. The Hall–Kier alpha value is -5.00. The minimum absolute atomic E-state index is 0.0162. The molecule has 1 fully saturated rings. The third-order valence-corrected chi connectivity index (χ3v) is 7.79. The van der Waals surface area contributed by atoms with Crippen molar-refractivity contribution in [2.75, 3.05) is 18.8 Å². The average molecular weight is 614 g/mol. The van der Waals surface area contributed by atoms with E-state index in [0.717, 1.165) is 11.1 Å². The van der Waals surface area contributed by atoms with Gasteiger partial charge in [-0.15, -0.1) is 0 Å². The largest absolute Gasteiger partial charge is 0.459 e. The number of alkyl halides is 2. The number of nitrogens with one attached hydrogen (secondary N) is 1. The third-order valence-electron chi connectivity index (χ3n) is 7.79. The van der Waals surface area contributed by atoms with E-state index in [9.17, 15) is 18.7 Å². The second-order valence-corrected chi connectivity index (χ2v) is 11.0. The van der Waals surface area contributed by atoms with Crippen LogP contribution in [0.5, 0.6) is 0 Å². The van der Waals surface area contributed by atoms with E-state index in [1.807, 2.05) is 6.07 Å². The maximum absolute atomic E-state index is 15.6. The minimum atomic E-state index is -2.75. The van der Waals surface area contributed by atoms with Crippen LogP contribution in [0.15, 0.2) is 89.7 Å².